The summed E-state index contributed by atoms with van der Waals surface area (Å²) < 4.78 is 8.34. The lowest BCUT2D eigenvalue weighted by molar-refractivity contribution is 0.239. The summed E-state index contributed by atoms with van der Waals surface area (Å²) in [6, 6.07) is 9.55. The predicted octanol–water partition coefficient (Wildman–Crippen LogP) is 9.22. The van der Waals surface area contributed by atoms with Crippen molar-refractivity contribution in [2.24, 2.45) is 0 Å². The van der Waals surface area contributed by atoms with Crippen LogP contribution in [0, 0.1) is 0 Å². The van der Waals surface area contributed by atoms with Crippen LogP contribution in [-0.4, -0.2) is 132 Å². The van der Waals surface area contributed by atoms with Gasteiger partial charge in [0.2, 0.25) is 5.78 Å². The third kappa shape index (κ3) is 11.1. The Balaban J connectivity index is 0.000000161. The summed E-state index contributed by atoms with van der Waals surface area (Å²) in [5, 5.41) is 4.37. The molecule has 0 aromatic carbocycles. The maximum Gasteiger partial charge on any atom is 0.234 e. The van der Waals surface area contributed by atoms with Gasteiger partial charge in [-0.2, -0.15) is 5.10 Å². The Morgan fingerprint density at radius 1 is 0.441 bits per heavy atom. The second-order valence-electron chi connectivity index (χ2n) is 16.6. The molecule has 12 rings (SSSR count). The Morgan fingerprint density at radius 2 is 0.926 bits per heavy atom. The van der Waals surface area contributed by atoms with E-state index >= 15 is 0 Å². The SMILES string of the molecule is CC.CC.CC.CC.C[C@H]1c2c(nc3cccnn23)CCN1C.C[C@H]1c2c(nc3ccncn23)CCN1C.C[C@H]1c2c(nc3cnccn23)CCN1C.C[C@H]1c2c(nc3ncccn23)CCN1C. The van der Waals surface area contributed by atoms with Crippen molar-refractivity contribution in [1.82, 2.24) is 77.3 Å². The van der Waals surface area contributed by atoms with E-state index in [-0.39, 0.29) is 0 Å². The zero-order valence-corrected chi connectivity index (χ0v) is 44.0. The van der Waals surface area contributed by atoms with E-state index in [1.807, 2.05) is 121 Å². The number of likely N-dealkylation sites (N-methyl/N-ethyl adjacent to an activating group) is 4. The van der Waals surface area contributed by atoms with Crippen LogP contribution in [0.2, 0.25) is 0 Å². The zero-order valence-electron chi connectivity index (χ0n) is 44.0. The largest absolute Gasteiger partial charge is 0.299 e. The molecule has 8 aromatic rings. The van der Waals surface area contributed by atoms with Crippen LogP contribution < -0.4 is 0 Å². The number of hydrogen-bond acceptors (Lipinski definition) is 12. The normalized spacial score (nSPS) is 19.6. The quantitative estimate of drug-likeness (QED) is 0.144. The Bertz CT molecular complexity index is 2390. The predicted molar refractivity (Wildman–Crippen MR) is 276 cm³/mol. The van der Waals surface area contributed by atoms with E-state index in [4.69, 9.17) is 0 Å². The Kier molecular flexibility index (Phi) is 19.6. The molecule has 0 spiro atoms. The van der Waals surface area contributed by atoms with Gasteiger partial charge in [-0.3, -0.25) is 37.8 Å². The zero-order chi connectivity index (χ0) is 49.7. The standard InChI is InChI=1S/4C11H14N4.4C2H6/c1-8-11-9(4-6-14(8)2)13-10-3-5-12-7-15(10)11;1-8-11-9(3-5-14(8)2)13-10-7-12-4-6-15(10)11;1-8-10-9(4-7-14(8)2)13-11-12-5-3-6-15(10)11;1-8-11-9(5-7-14(8)2)13-10-4-3-6-12-15(10)11;4*1-2/h3,5,7-8H,4,6H2,1-2H3;4,6-8H,3,5H2,1-2H3;3,5-6,8H,4,7H2,1-2H3;3-4,6,8H,5,7H2,1-2H3;4*1-2H3/t4*8-;;;;/m0000..../s1. The van der Waals surface area contributed by atoms with Crippen molar-refractivity contribution in [3.8, 4) is 0 Å². The van der Waals surface area contributed by atoms with Crippen molar-refractivity contribution in [3.63, 3.8) is 0 Å². The summed E-state index contributed by atoms with van der Waals surface area (Å²) in [5.41, 5.74) is 13.0. The van der Waals surface area contributed by atoms with Crippen molar-refractivity contribution in [1.29, 1.82) is 0 Å². The molecule has 0 fully saturated rings. The highest BCUT2D eigenvalue weighted by atomic mass is 15.3. The number of hydrogen-bond donors (Lipinski definition) is 0. The number of imidazole rings is 4. The molecule has 68 heavy (non-hydrogen) atoms. The van der Waals surface area contributed by atoms with E-state index in [9.17, 15) is 0 Å². The fraction of sp³-hybridized carbons (Fsp3) is 0.538. The third-order valence-corrected chi connectivity index (χ3v) is 13.1. The van der Waals surface area contributed by atoms with Crippen LogP contribution in [0.4, 0.5) is 0 Å². The highest BCUT2D eigenvalue weighted by Gasteiger charge is 2.29. The van der Waals surface area contributed by atoms with Crippen LogP contribution in [-0.2, 0) is 25.7 Å². The maximum atomic E-state index is 4.63. The number of aromatic nitrogens is 12. The molecular weight excluding hydrogens is 849 g/mol. The van der Waals surface area contributed by atoms with Gasteiger partial charge in [0, 0.05) is 107 Å². The first kappa shape index (κ1) is 53.3. The molecule has 16 nitrogen and oxygen atoms in total. The molecule has 0 bridgehead atoms. The van der Waals surface area contributed by atoms with Gasteiger partial charge in [0.25, 0.3) is 0 Å². The molecule has 0 saturated carbocycles. The van der Waals surface area contributed by atoms with Gasteiger partial charge >= 0.3 is 0 Å². The van der Waals surface area contributed by atoms with Crippen LogP contribution in [0.5, 0.6) is 0 Å². The van der Waals surface area contributed by atoms with Crippen molar-refractivity contribution in [2.45, 2.75) is 133 Å². The Morgan fingerprint density at radius 3 is 1.51 bits per heavy atom. The van der Waals surface area contributed by atoms with Gasteiger partial charge in [-0.05, 0) is 80.2 Å². The van der Waals surface area contributed by atoms with E-state index in [2.05, 4.69) is 129 Å². The molecule has 16 heteroatoms. The first-order chi connectivity index (χ1) is 33.1. The first-order valence-electron chi connectivity index (χ1n) is 25.2. The van der Waals surface area contributed by atoms with Gasteiger partial charge in [-0.1, -0.05) is 55.4 Å². The Hall–Kier alpha value is -5.68. The van der Waals surface area contributed by atoms with Crippen LogP contribution >= 0.6 is 0 Å². The van der Waals surface area contributed by atoms with Crippen LogP contribution in [0.3, 0.4) is 0 Å². The van der Waals surface area contributed by atoms with Crippen LogP contribution in [0.15, 0.2) is 74.0 Å². The molecule has 0 N–H and O–H groups in total. The summed E-state index contributed by atoms with van der Waals surface area (Å²) in [6.45, 7) is 29.2. The van der Waals surface area contributed by atoms with Crippen molar-refractivity contribution >= 4 is 22.7 Å². The fourth-order valence-corrected chi connectivity index (χ4v) is 9.06. The van der Waals surface area contributed by atoms with E-state index in [0.29, 0.717) is 24.2 Å². The average Bonchev–Trinajstić information content (AvgIpc) is 4.18. The molecule has 0 radical (unpaired) electrons. The Labute approximate surface area is 405 Å². The lowest BCUT2D eigenvalue weighted by Gasteiger charge is -2.29. The molecule has 0 unspecified atom stereocenters. The topological polar surface area (TPSA) is 134 Å². The number of nitrogens with zero attached hydrogens (tertiary/aromatic N) is 16. The summed E-state index contributed by atoms with van der Waals surface area (Å²) >= 11 is 0. The summed E-state index contributed by atoms with van der Waals surface area (Å²) in [6.07, 6.45) is 19.1. The first-order valence-corrected chi connectivity index (χ1v) is 25.2. The van der Waals surface area contributed by atoms with Crippen molar-refractivity contribution in [3.05, 3.63) is 120 Å². The van der Waals surface area contributed by atoms with Gasteiger partial charge in [0.05, 0.1) is 57.8 Å². The molecule has 4 aliphatic heterocycles. The highest BCUT2D eigenvalue weighted by Crippen LogP contribution is 2.31. The third-order valence-electron chi connectivity index (χ3n) is 13.1. The average molecular weight is 929 g/mol. The molecule has 4 atom stereocenters. The van der Waals surface area contributed by atoms with Crippen LogP contribution in [0.25, 0.3) is 22.7 Å². The van der Waals surface area contributed by atoms with Gasteiger partial charge < -0.3 is 0 Å². The molecule has 0 aliphatic carbocycles. The van der Waals surface area contributed by atoms with E-state index < -0.39 is 0 Å². The maximum absolute atomic E-state index is 4.63. The minimum absolute atomic E-state index is 0.402. The summed E-state index contributed by atoms with van der Waals surface area (Å²) in [4.78, 5) is 40.4. The second-order valence-corrected chi connectivity index (χ2v) is 16.6. The molecule has 8 aromatic heterocycles. The number of rotatable bonds is 0. The second kappa shape index (κ2) is 25.1. The summed E-state index contributed by atoms with van der Waals surface area (Å²) in [5.74, 6) is 0.824. The molecule has 4 aliphatic rings. The molecule has 12 heterocycles. The van der Waals surface area contributed by atoms with Crippen molar-refractivity contribution in [2.75, 3.05) is 54.4 Å². The monoisotopic (exact) mass is 929 g/mol. The summed E-state index contributed by atoms with van der Waals surface area (Å²) in [7, 11) is 8.62. The van der Waals surface area contributed by atoms with Gasteiger partial charge in [0.1, 0.15) is 12.0 Å². The van der Waals surface area contributed by atoms with Gasteiger partial charge in [-0.25, -0.2) is 34.4 Å². The molecular formula is C52H80N16. The van der Waals surface area contributed by atoms with E-state index in [1.54, 1.807) is 12.4 Å². The smallest absolute Gasteiger partial charge is 0.234 e. The van der Waals surface area contributed by atoms with E-state index in [1.165, 1.54) is 45.6 Å². The minimum atomic E-state index is 0.402. The van der Waals surface area contributed by atoms with Gasteiger partial charge in [0.15, 0.2) is 11.3 Å². The lowest BCUT2D eigenvalue weighted by atomic mass is 10.1. The minimum Gasteiger partial charge on any atom is -0.299 e. The van der Waals surface area contributed by atoms with Crippen LogP contribution in [0.1, 0.15) is 153 Å². The molecule has 0 amide bonds. The highest BCUT2D eigenvalue weighted by molar-refractivity contribution is 5.45. The molecule has 0 saturated heterocycles. The van der Waals surface area contributed by atoms with Crippen molar-refractivity contribution < 1.29 is 0 Å². The lowest BCUT2D eigenvalue weighted by Crippen LogP contribution is -2.31. The fourth-order valence-electron chi connectivity index (χ4n) is 9.06. The molecule has 368 valence electrons. The number of fused-ring (bicyclic) bond motifs is 12. The van der Waals surface area contributed by atoms with E-state index in [0.717, 1.165) is 74.6 Å². The van der Waals surface area contributed by atoms with Gasteiger partial charge in [-0.15, -0.1) is 0 Å².